The van der Waals surface area contributed by atoms with Gasteiger partial charge in [0.05, 0.1) is 25.5 Å². The fourth-order valence-corrected chi connectivity index (χ4v) is 5.06. The quantitative estimate of drug-likeness (QED) is 0.668. The second-order valence-corrected chi connectivity index (χ2v) is 8.68. The zero-order chi connectivity index (χ0) is 20.7. The minimum absolute atomic E-state index is 0.179. The highest BCUT2D eigenvalue weighted by Crippen LogP contribution is 2.54. The maximum Gasteiger partial charge on any atom is 0.198 e. The van der Waals surface area contributed by atoms with Gasteiger partial charge in [0.1, 0.15) is 5.75 Å². The Kier molecular flexibility index (Phi) is 4.84. The molecule has 2 aliphatic heterocycles. The van der Waals surface area contributed by atoms with Crippen molar-refractivity contribution in [2.24, 2.45) is 11.0 Å². The van der Waals surface area contributed by atoms with Crippen molar-refractivity contribution in [3.05, 3.63) is 53.6 Å². The number of hydrazone groups is 1. The van der Waals surface area contributed by atoms with E-state index in [9.17, 15) is 0 Å². The number of hydrogen-bond acceptors (Lipinski definition) is 5. The summed E-state index contributed by atoms with van der Waals surface area (Å²) in [6, 6.07) is 14.7. The van der Waals surface area contributed by atoms with E-state index in [4.69, 9.17) is 19.3 Å². The molecule has 0 saturated heterocycles. The molecule has 3 aliphatic rings. The van der Waals surface area contributed by atoms with Crippen molar-refractivity contribution in [2.75, 3.05) is 13.7 Å². The molecule has 0 bridgehead atoms. The Morgan fingerprint density at radius 1 is 1.13 bits per heavy atom. The fraction of sp³-hybridized carbons (Fsp3) is 0.480. The smallest absolute Gasteiger partial charge is 0.198 e. The van der Waals surface area contributed by atoms with E-state index in [1.165, 1.54) is 5.56 Å². The third kappa shape index (κ3) is 3.11. The normalized spacial score (nSPS) is 27.2. The average molecular weight is 407 g/mol. The Labute approximate surface area is 178 Å². The molecule has 5 rings (SSSR count). The number of rotatable bonds is 4. The lowest BCUT2D eigenvalue weighted by atomic mass is 9.82. The van der Waals surface area contributed by atoms with Gasteiger partial charge in [-0.15, -0.1) is 0 Å². The molecular formula is C25H30N2O3. The van der Waals surface area contributed by atoms with Crippen LogP contribution >= 0.6 is 0 Å². The van der Waals surface area contributed by atoms with Gasteiger partial charge in [-0.3, -0.25) is 0 Å². The molecule has 1 atom stereocenters. The molecule has 0 unspecified atom stereocenters. The molecule has 0 amide bonds. The topological polar surface area (TPSA) is 43.3 Å². The molecule has 1 saturated carbocycles. The summed E-state index contributed by atoms with van der Waals surface area (Å²) in [6.07, 6.45) is 5.16. The van der Waals surface area contributed by atoms with Crippen LogP contribution in [0.4, 0.5) is 0 Å². The number of methoxy groups -OCH3 is 1. The molecule has 5 nitrogen and oxygen atoms in total. The van der Waals surface area contributed by atoms with Crippen molar-refractivity contribution < 1.29 is 14.2 Å². The standard InChI is InChI=1S/C25H30N2O3/c1-4-29-19-10-8-18(9-11-19)21-16-22-20-6-5-7-23(28-3)24(20)30-25(27(22)26-21)14-12-17(2)13-15-25/h5-11,17,22H,4,12-16H2,1-3H3/t17?,22-,25?/m0/s1. The average Bonchev–Trinajstić information content (AvgIpc) is 3.23. The van der Waals surface area contributed by atoms with E-state index >= 15 is 0 Å². The van der Waals surface area contributed by atoms with Crippen LogP contribution in [-0.2, 0) is 0 Å². The molecular weight excluding hydrogens is 376 g/mol. The minimum atomic E-state index is -0.383. The van der Waals surface area contributed by atoms with Crippen molar-refractivity contribution in [1.82, 2.24) is 5.01 Å². The summed E-state index contributed by atoms with van der Waals surface area (Å²) >= 11 is 0. The highest BCUT2D eigenvalue weighted by atomic mass is 16.5. The van der Waals surface area contributed by atoms with Gasteiger partial charge in [-0.25, -0.2) is 5.01 Å². The summed E-state index contributed by atoms with van der Waals surface area (Å²) in [5, 5.41) is 7.43. The molecule has 5 heteroatoms. The highest BCUT2D eigenvalue weighted by Gasteiger charge is 2.52. The number of benzene rings is 2. The van der Waals surface area contributed by atoms with Crippen LogP contribution in [-0.4, -0.2) is 30.2 Å². The van der Waals surface area contributed by atoms with Gasteiger partial charge < -0.3 is 14.2 Å². The summed E-state index contributed by atoms with van der Waals surface area (Å²) in [4.78, 5) is 0. The lowest BCUT2D eigenvalue weighted by Crippen LogP contribution is -2.55. The van der Waals surface area contributed by atoms with Crippen LogP contribution in [0.2, 0.25) is 0 Å². The second kappa shape index (κ2) is 7.53. The third-order valence-electron chi connectivity index (χ3n) is 6.76. The third-order valence-corrected chi connectivity index (χ3v) is 6.76. The van der Waals surface area contributed by atoms with Crippen LogP contribution in [0.5, 0.6) is 17.2 Å². The summed E-state index contributed by atoms with van der Waals surface area (Å²) in [5.41, 5.74) is 3.05. The molecule has 1 aliphatic carbocycles. The maximum absolute atomic E-state index is 6.75. The van der Waals surface area contributed by atoms with Crippen LogP contribution in [0.15, 0.2) is 47.6 Å². The lowest BCUT2D eigenvalue weighted by molar-refractivity contribution is -0.146. The van der Waals surface area contributed by atoms with E-state index in [1.807, 2.05) is 25.1 Å². The van der Waals surface area contributed by atoms with E-state index in [-0.39, 0.29) is 11.8 Å². The maximum atomic E-state index is 6.75. The lowest BCUT2D eigenvalue weighted by Gasteiger charge is -2.50. The molecule has 2 aromatic carbocycles. The van der Waals surface area contributed by atoms with Gasteiger partial charge >= 0.3 is 0 Å². The Morgan fingerprint density at radius 2 is 1.90 bits per heavy atom. The minimum Gasteiger partial charge on any atom is -0.494 e. The zero-order valence-corrected chi connectivity index (χ0v) is 18.1. The van der Waals surface area contributed by atoms with Crippen molar-refractivity contribution >= 4 is 5.71 Å². The fourth-order valence-electron chi connectivity index (χ4n) is 5.06. The Morgan fingerprint density at radius 3 is 2.60 bits per heavy atom. The molecule has 30 heavy (non-hydrogen) atoms. The van der Waals surface area contributed by atoms with Gasteiger partial charge in [0.15, 0.2) is 17.2 Å². The number of fused-ring (bicyclic) bond motifs is 4. The molecule has 0 aromatic heterocycles. The summed E-state index contributed by atoms with van der Waals surface area (Å²) in [7, 11) is 1.72. The Hall–Kier alpha value is -2.69. The number of ether oxygens (including phenoxy) is 3. The Bertz CT molecular complexity index is 945. The molecule has 1 fully saturated rings. The van der Waals surface area contributed by atoms with Crippen LogP contribution in [0, 0.1) is 5.92 Å². The first-order valence-corrected chi connectivity index (χ1v) is 11.1. The predicted molar refractivity (Wildman–Crippen MR) is 117 cm³/mol. The van der Waals surface area contributed by atoms with Crippen molar-refractivity contribution in [1.29, 1.82) is 0 Å². The summed E-state index contributed by atoms with van der Waals surface area (Å²) in [6.45, 7) is 5.01. The van der Waals surface area contributed by atoms with E-state index in [1.54, 1.807) is 7.11 Å². The summed E-state index contributed by atoms with van der Waals surface area (Å²) in [5.74, 6) is 3.35. The van der Waals surface area contributed by atoms with Crippen LogP contribution in [0.25, 0.3) is 0 Å². The van der Waals surface area contributed by atoms with Gasteiger partial charge in [-0.2, -0.15) is 5.10 Å². The molecule has 0 radical (unpaired) electrons. The van der Waals surface area contributed by atoms with Gasteiger partial charge in [0.2, 0.25) is 0 Å². The van der Waals surface area contributed by atoms with Crippen molar-refractivity contribution in [3.8, 4) is 17.2 Å². The first-order valence-electron chi connectivity index (χ1n) is 11.1. The van der Waals surface area contributed by atoms with Gasteiger partial charge in [0.25, 0.3) is 0 Å². The predicted octanol–water partition coefficient (Wildman–Crippen LogP) is 5.54. The van der Waals surface area contributed by atoms with Crippen molar-refractivity contribution in [3.63, 3.8) is 0 Å². The molecule has 0 N–H and O–H groups in total. The summed E-state index contributed by atoms with van der Waals surface area (Å²) < 4.78 is 18.0. The number of para-hydroxylation sites is 1. The van der Waals surface area contributed by atoms with Gasteiger partial charge in [-0.1, -0.05) is 19.1 Å². The van der Waals surface area contributed by atoms with Crippen LogP contribution < -0.4 is 14.2 Å². The molecule has 2 aromatic rings. The highest BCUT2D eigenvalue weighted by molar-refractivity contribution is 6.02. The van der Waals surface area contributed by atoms with E-state index < -0.39 is 0 Å². The zero-order valence-electron chi connectivity index (χ0n) is 18.1. The number of nitrogens with zero attached hydrogens (tertiary/aromatic N) is 2. The first-order chi connectivity index (χ1) is 14.6. The van der Waals surface area contributed by atoms with Crippen molar-refractivity contribution in [2.45, 2.75) is 57.7 Å². The first kappa shape index (κ1) is 19.3. The van der Waals surface area contributed by atoms with E-state index in [2.05, 4.69) is 36.2 Å². The van der Waals surface area contributed by atoms with Gasteiger partial charge in [0, 0.05) is 24.8 Å². The van der Waals surface area contributed by atoms with Crippen LogP contribution in [0.3, 0.4) is 0 Å². The Balaban J connectivity index is 1.54. The number of hydrogen-bond donors (Lipinski definition) is 0. The molecule has 1 spiro atoms. The molecule has 158 valence electrons. The largest absolute Gasteiger partial charge is 0.494 e. The monoisotopic (exact) mass is 406 g/mol. The van der Waals surface area contributed by atoms with E-state index in [0.29, 0.717) is 6.61 Å². The van der Waals surface area contributed by atoms with E-state index in [0.717, 1.165) is 66.5 Å². The van der Waals surface area contributed by atoms with Gasteiger partial charge in [-0.05, 0) is 61.6 Å². The molecule has 2 heterocycles. The SMILES string of the molecule is CCOc1ccc(C2=NN3[C@@H](C2)c2cccc(OC)c2OC32CCC(C)CC2)cc1. The second-order valence-electron chi connectivity index (χ2n) is 8.68. The van der Waals surface area contributed by atoms with Crippen LogP contribution in [0.1, 0.15) is 63.1 Å².